The smallest absolute Gasteiger partial charge is 0.102 e. The predicted molar refractivity (Wildman–Crippen MR) is 224 cm³/mol. The predicted octanol–water partition coefficient (Wildman–Crippen LogP) is 12.4. The quantitative estimate of drug-likeness (QED) is 0.184. The van der Waals surface area contributed by atoms with Gasteiger partial charge >= 0.3 is 0 Å². The first kappa shape index (κ1) is 30.7. The molecule has 0 aliphatic heterocycles. The Hall–Kier alpha value is -7.86. The fourth-order valence-electron chi connectivity index (χ4n) is 8.82. The third kappa shape index (κ3) is 4.39. The molecule has 0 aliphatic rings. The average molecular weight is 700 g/mol. The molecule has 3 aromatic heterocycles. The SMILES string of the molecule is N#Cc1ccc2c(c1)c1ccccc1n2-c1cccc(-c2ccc(-n3c4ccccc4c4c(-n5c6ccccc6c6ccccc65)cccc43)cc2)c1C#N. The monoisotopic (exact) mass is 699 g/mol. The van der Waals surface area contributed by atoms with Crippen molar-refractivity contribution in [2.45, 2.75) is 0 Å². The maximum absolute atomic E-state index is 10.8. The number of hydrogen-bond acceptors (Lipinski definition) is 2. The molecular formula is C50H29N5. The number of nitrogens with zero attached hydrogens (tertiary/aromatic N) is 5. The van der Waals surface area contributed by atoms with Gasteiger partial charge in [-0.15, -0.1) is 0 Å². The summed E-state index contributed by atoms with van der Waals surface area (Å²) >= 11 is 0. The van der Waals surface area contributed by atoms with Crippen molar-refractivity contribution in [3.63, 3.8) is 0 Å². The second-order valence-electron chi connectivity index (χ2n) is 13.9. The number of nitriles is 2. The van der Waals surface area contributed by atoms with Crippen molar-refractivity contribution in [3.8, 4) is 40.3 Å². The fraction of sp³-hybridized carbons (Fsp3) is 0. The minimum atomic E-state index is 0.593. The van der Waals surface area contributed by atoms with Crippen molar-refractivity contribution in [3.05, 3.63) is 187 Å². The van der Waals surface area contributed by atoms with Gasteiger partial charge in [-0.25, -0.2) is 0 Å². The van der Waals surface area contributed by atoms with Gasteiger partial charge in [0.05, 0.1) is 61.7 Å². The van der Waals surface area contributed by atoms with E-state index in [0.717, 1.165) is 61.0 Å². The molecule has 0 atom stereocenters. The van der Waals surface area contributed by atoms with E-state index in [2.05, 4.69) is 153 Å². The van der Waals surface area contributed by atoms with Crippen LogP contribution in [0.2, 0.25) is 0 Å². The van der Waals surface area contributed by atoms with Gasteiger partial charge in [-0.1, -0.05) is 103 Å². The van der Waals surface area contributed by atoms with Crippen LogP contribution in [-0.4, -0.2) is 13.7 Å². The Morgan fingerprint density at radius 1 is 0.364 bits per heavy atom. The molecule has 11 rings (SSSR count). The minimum Gasteiger partial charge on any atom is -0.309 e. The Balaban J connectivity index is 1.08. The van der Waals surface area contributed by atoms with Gasteiger partial charge in [0.15, 0.2) is 0 Å². The lowest BCUT2D eigenvalue weighted by molar-refractivity contribution is 1.16. The van der Waals surface area contributed by atoms with E-state index in [0.29, 0.717) is 11.1 Å². The number of para-hydroxylation sites is 4. The zero-order chi connectivity index (χ0) is 36.6. The zero-order valence-electron chi connectivity index (χ0n) is 29.5. The lowest BCUT2D eigenvalue weighted by atomic mass is 9.98. The van der Waals surface area contributed by atoms with E-state index in [-0.39, 0.29) is 0 Å². The van der Waals surface area contributed by atoms with Gasteiger partial charge in [-0.3, -0.25) is 0 Å². The summed E-state index contributed by atoms with van der Waals surface area (Å²) in [5.74, 6) is 0. The van der Waals surface area contributed by atoms with Crippen molar-refractivity contribution < 1.29 is 0 Å². The Labute approximate surface area is 316 Å². The van der Waals surface area contributed by atoms with E-state index >= 15 is 0 Å². The molecule has 0 N–H and O–H groups in total. The summed E-state index contributed by atoms with van der Waals surface area (Å²) in [6, 6.07) is 65.9. The first-order valence-electron chi connectivity index (χ1n) is 18.3. The van der Waals surface area contributed by atoms with E-state index in [4.69, 9.17) is 0 Å². The molecule has 0 spiro atoms. The van der Waals surface area contributed by atoms with Crippen molar-refractivity contribution in [2.24, 2.45) is 0 Å². The van der Waals surface area contributed by atoms with Gasteiger partial charge in [0.25, 0.3) is 0 Å². The molecule has 0 aliphatic carbocycles. The van der Waals surface area contributed by atoms with Crippen molar-refractivity contribution in [1.82, 2.24) is 13.7 Å². The molecule has 0 saturated carbocycles. The number of rotatable bonds is 4. The third-order valence-corrected chi connectivity index (χ3v) is 11.1. The van der Waals surface area contributed by atoms with Gasteiger partial charge in [0.1, 0.15) is 6.07 Å². The largest absolute Gasteiger partial charge is 0.309 e. The van der Waals surface area contributed by atoms with E-state index in [9.17, 15) is 10.5 Å². The highest BCUT2D eigenvalue weighted by Crippen LogP contribution is 2.41. The van der Waals surface area contributed by atoms with Crippen LogP contribution in [0.1, 0.15) is 11.1 Å². The lowest BCUT2D eigenvalue weighted by Gasteiger charge is -2.14. The second-order valence-corrected chi connectivity index (χ2v) is 13.9. The van der Waals surface area contributed by atoms with Crippen LogP contribution in [0.25, 0.3) is 93.6 Å². The van der Waals surface area contributed by atoms with E-state index < -0.39 is 0 Å². The van der Waals surface area contributed by atoms with Gasteiger partial charge in [0.2, 0.25) is 0 Å². The molecule has 5 heteroatoms. The number of aromatic nitrogens is 3. The zero-order valence-corrected chi connectivity index (χ0v) is 29.5. The molecule has 254 valence electrons. The Kier molecular flexibility index (Phi) is 6.61. The van der Waals surface area contributed by atoms with Crippen LogP contribution in [0.5, 0.6) is 0 Å². The Morgan fingerprint density at radius 3 is 1.51 bits per heavy atom. The Morgan fingerprint density at radius 2 is 0.873 bits per heavy atom. The van der Waals surface area contributed by atoms with Crippen molar-refractivity contribution in [1.29, 1.82) is 10.5 Å². The molecule has 0 fully saturated rings. The highest BCUT2D eigenvalue weighted by atomic mass is 15.0. The number of hydrogen-bond donors (Lipinski definition) is 0. The van der Waals surface area contributed by atoms with E-state index in [1.807, 2.05) is 48.5 Å². The van der Waals surface area contributed by atoms with Crippen LogP contribution in [0.15, 0.2) is 176 Å². The van der Waals surface area contributed by atoms with Crippen molar-refractivity contribution >= 4 is 65.4 Å². The summed E-state index contributed by atoms with van der Waals surface area (Å²) in [5, 5.41) is 27.3. The van der Waals surface area contributed by atoms with Crippen molar-refractivity contribution in [2.75, 3.05) is 0 Å². The molecule has 0 unspecified atom stereocenters. The summed E-state index contributed by atoms with van der Waals surface area (Å²) < 4.78 is 6.90. The normalized spacial score (nSPS) is 11.6. The van der Waals surface area contributed by atoms with Crippen LogP contribution in [0, 0.1) is 22.7 Å². The van der Waals surface area contributed by atoms with Gasteiger partial charge in [0, 0.05) is 43.6 Å². The van der Waals surface area contributed by atoms with Crippen LogP contribution in [-0.2, 0) is 0 Å². The topological polar surface area (TPSA) is 62.4 Å². The molecule has 5 nitrogen and oxygen atoms in total. The molecule has 0 amide bonds. The van der Waals surface area contributed by atoms with Crippen LogP contribution in [0.4, 0.5) is 0 Å². The summed E-state index contributed by atoms with van der Waals surface area (Å²) in [4.78, 5) is 0. The molecule has 0 bridgehead atoms. The number of benzene rings is 8. The van der Waals surface area contributed by atoms with E-state index in [1.54, 1.807) is 0 Å². The molecule has 55 heavy (non-hydrogen) atoms. The van der Waals surface area contributed by atoms with Gasteiger partial charge in [-0.05, 0) is 78.4 Å². The standard InChI is InChI=1S/C50H29N5/c51-30-32-23-28-47-40(29-32)38-13-3-7-18-44(38)54(47)46-20-9-15-35(41(46)31-52)33-24-26-34(27-25-33)53-45-19-8-4-14-39(45)50-48(53)21-10-22-49(50)55-42-16-5-1-11-36(42)37-12-2-6-17-43(37)55/h1-29H. The molecule has 3 heterocycles. The highest BCUT2D eigenvalue weighted by molar-refractivity contribution is 6.16. The van der Waals surface area contributed by atoms with Crippen LogP contribution < -0.4 is 0 Å². The Bertz CT molecular complexity index is 3400. The molecule has 11 aromatic rings. The lowest BCUT2D eigenvalue weighted by Crippen LogP contribution is -2.00. The highest BCUT2D eigenvalue weighted by Gasteiger charge is 2.21. The van der Waals surface area contributed by atoms with E-state index in [1.165, 1.54) is 32.6 Å². The summed E-state index contributed by atoms with van der Waals surface area (Å²) in [6.07, 6.45) is 0. The summed E-state index contributed by atoms with van der Waals surface area (Å²) in [5.41, 5.74) is 12.6. The minimum absolute atomic E-state index is 0.593. The fourth-order valence-corrected chi connectivity index (χ4v) is 8.82. The maximum Gasteiger partial charge on any atom is 0.102 e. The maximum atomic E-state index is 10.8. The van der Waals surface area contributed by atoms with Gasteiger partial charge in [-0.2, -0.15) is 10.5 Å². The summed E-state index contributed by atoms with van der Waals surface area (Å²) in [6.45, 7) is 0. The van der Waals surface area contributed by atoms with Gasteiger partial charge < -0.3 is 13.7 Å². The second kappa shape index (κ2) is 11.8. The average Bonchev–Trinajstić information content (AvgIpc) is 3.89. The summed E-state index contributed by atoms with van der Waals surface area (Å²) in [7, 11) is 0. The number of fused-ring (bicyclic) bond motifs is 9. The third-order valence-electron chi connectivity index (χ3n) is 11.1. The first-order chi connectivity index (χ1) is 27.2. The van der Waals surface area contributed by atoms with Crippen LogP contribution >= 0.6 is 0 Å². The van der Waals surface area contributed by atoms with Crippen LogP contribution in [0.3, 0.4) is 0 Å². The molecule has 0 radical (unpaired) electrons. The first-order valence-corrected chi connectivity index (χ1v) is 18.3. The molecule has 8 aromatic carbocycles. The molecular weight excluding hydrogens is 671 g/mol. The molecule has 0 saturated heterocycles.